The van der Waals surface area contributed by atoms with Crippen molar-refractivity contribution in [3.05, 3.63) is 65.0 Å². The van der Waals surface area contributed by atoms with Gasteiger partial charge in [0, 0.05) is 16.7 Å². The van der Waals surface area contributed by atoms with Crippen molar-refractivity contribution >= 4 is 11.3 Å². The summed E-state index contributed by atoms with van der Waals surface area (Å²) in [7, 11) is 1.60. The first-order valence-corrected chi connectivity index (χ1v) is 6.55. The Morgan fingerprint density at radius 3 is 2.65 bits per heavy atom. The summed E-state index contributed by atoms with van der Waals surface area (Å²) >= 11 is 0. The van der Waals surface area contributed by atoms with E-state index >= 15 is 0 Å². The van der Waals surface area contributed by atoms with Crippen LogP contribution in [0.2, 0.25) is 0 Å². The number of hydrogen-bond donors (Lipinski definition) is 1. The van der Waals surface area contributed by atoms with Gasteiger partial charge in [0.15, 0.2) is 0 Å². The Morgan fingerprint density at radius 2 is 1.85 bits per heavy atom. The summed E-state index contributed by atoms with van der Waals surface area (Å²) in [5.41, 5.74) is 3.22. The Bertz CT molecular complexity index is 689. The molecule has 0 radical (unpaired) electrons. The molecular weight excluding hydrogens is 255 g/mol. The Kier molecular flexibility index (Phi) is 3.18. The molecule has 0 heterocycles. The van der Waals surface area contributed by atoms with Crippen molar-refractivity contribution in [2.45, 2.75) is 12.8 Å². The quantitative estimate of drug-likeness (QED) is 0.886. The maximum Gasteiger partial charge on any atom is 0.127 e. The molecule has 1 N–H and O–H groups in total. The van der Waals surface area contributed by atoms with Gasteiger partial charge in [-0.1, -0.05) is 24.3 Å². The summed E-state index contributed by atoms with van der Waals surface area (Å²) in [4.78, 5) is 0. The van der Waals surface area contributed by atoms with E-state index in [9.17, 15) is 9.50 Å². The first-order chi connectivity index (χ1) is 9.70. The van der Waals surface area contributed by atoms with Crippen molar-refractivity contribution in [1.29, 1.82) is 0 Å². The zero-order valence-corrected chi connectivity index (χ0v) is 11.2. The van der Waals surface area contributed by atoms with Gasteiger partial charge in [-0.2, -0.15) is 0 Å². The molecule has 0 atom stereocenters. The van der Waals surface area contributed by atoms with E-state index in [1.807, 2.05) is 24.3 Å². The van der Waals surface area contributed by atoms with E-state index in [1.54, 1.807) is 13.2 Å². The van der Waals surface area contributed by atoms with Crippen LogP contribution in [0.15, 0.2) is 42.5 Å². The highest BCUT2D eigenvalue weighted by atomic mass is 19.1. The molecule has 0 aliphatic heterocycles. The van der Waals surface area contributed by atoms with Crippen LogP contribution >= 0.6 is 0 Å². The fourth-order valence-corrected chi connectivity index (χ4v) is 2.68. The van der Waals surface area contributed by atoms with Crippen LogP contribution < -0.4 is 4.74 Å². The zero-order chi connectivity index (χ0) is 14.1. The number of aliphatic hydroxyl groups is 1. The molecule has 0 saturated carbocycles. The van der Waals surface area contributed by atoms with Gasteiger partial charge in [0.05, 0.1) is 7.11 Å². The van der Waals surface area contributed by atoms with E-state index in [1.165, 1.54) is 12.1 Å². The molecule has 2 nitrogen and oxygen atoms in total. The van der Waals surface area contributed by atoms with Crippen LogP contribution in [0.25, 0.3) is 11.3 Å². The van der Waals surface area contributed by atoms with Crippen LogP contribution in [0, 0.1) is 5.82 Å². The van der Waals surface area contributed by atoms with Crippen LogP contribution in [0.3, 0.4) is 0 Å². The highest BCUT2D eigenvalue weighted by molar-refractivity contribution is 5.91. The lowest BCUT2D eigenvalue weighted by atomic mass is 9.87. The minimum Gasteiger partial charge on any atom is -0.507 e. The Hall–Kier alpha value is -2.29. The molecule has 2 aromatic rings. The van der Waals surface area contributed by atoms with Crippen molar-refractivity contribution in [2.75, 3.05) is 7.11 Å². The van der Waals surface area contributed by atoms with Gasteiger partial charge in [0.1, 0.15) is 17.3 Å². The topological polar surface area (TPSA) is 29.5 Å². The van der Waals surface area contributed by atoms with Crippen LogP contribution in [-0.2, 0) is 6.42 Å². The third kappa shape index (κ3) is 2.05. The van der Waals surface area contributed by atoms with E-state index in [-0.39, 0.29) is 11.6 Å². The summed E-state index contributed by atoms with van der Waals surface area (Å²) in [6, 6.07) is 12.1. The average molecular weight is 270 g/mol. The first kappa shape index (κ1) is 12.7. The number of halogens is 1. The molecular formula is C17H15FO2. The first-order valence-electron chi connectivity index (χ1n) is 6.55. The lowest BCUT2D eigenvalue weighted by Crippen LogP contribution is -2.06. The third-order valence-corrected chi connectivity index (χ3v) is 3.69. The number of methoxy groups -OCH3 is 1. The molecule has 0 bridgehead atoms. The molecule has 1 aliphatic rings. The Labute approximate surface area is 117 Å². The van der Waals surface area contributed by atoms with Crippen molar-refractivity contribution in [1.82, 2.24) is 0 Å². The van der Waals surface area contributed by atoms with Gasteiger partial charge < -0.3 is 9.84 Å². The average Bonchev–Trinajstić information content (AvgIpc) is 2.48. The predicted octanol–water partition coefficient (Wildman–Crippen LogP) is 4.21. The summed E-state index contributed by atoms with van der Waals surface area (Å²) in [5.74, 6) is 0.528. The van der Waals surface area contributed by atoms with Crippen molar-refractivity contribution in [3.63, 3.8) is 0 Å². The number of ether oxygens (including phenoxy) is 1. The summed E-state index contributed by atoms with van der Waals surface area (Å²) < 4.78 is 18.7. The largest absolute Gasteiger partial charge is 0.507 e. The molecule has 2 aromatic carbocycles. The fraction of sp³-hybridized carbons (Fsp3) is 0.176. The standard InChI is InChI=1S/C17H15FO2/c1-20-16-5-3-2-4-13(16)14-9-7-11-6-8-12(18)10-15(11)17(14)19/h2-6,8,10,19H,7,9H2,1H3. The number of para-hydroxylation sites is 1. The second-order valence-corrected chi connectivity index (χ2v) is 4.83. The number of aliphatic hydroxyl groups excluding tert-OH is 1. The number of rotatable bonds is 2. The number of aryl methyl sites for hydroxylation is 1. The van der Waals surface area contributed by atoms with Gasteiger partial charge in [-0.3, -0.25) is 0 Å². The summed E-state index contributed by atoms with van der Waals surface area (Å²) in [5, 5.41) is 10.5. The van der Waals surface area contributed by atoms with Gasteiger partial charge >= 0.3 is 0 Å². The van der Waals surface area contributed by atoms with Gasteiger partial charge in [0.2, 0.25) is 0 Å². The van der Waals surface area contributed by atoms with E-state index in [2.05, 4.69) is 0 Å². The Balaban J connectivity index is 2.17. The molecule has 3 rings (SSSR count). The second kappa shape index (κ2) is 5.00. The van der Waals surface area contributed by atoms with Gasteiger partial charge in [-0.05, 0) is 36.6 Å². The van der Waals surface area contributed by atoms with E-state index < -0.39 is 0 Å². The number of allylic oxidation sites excluding steroid dienone is 1. The van der Waals surface area contributed by atoms with Gasteiger partial charge in [-0.15, -0.1) is 0 Å². The maximum atomic E-state index is 13.4. The minimum atomic E-state index is -0.337. The van der Waals surface area contributed by atoms with Gasteiger partial charge in [-0.25, -0.2) is 4.39 Å². The normalized spacial score (nSPS) is 14.1. The van der Waals surface area contributed by atoms with E-state index in [0.29, 0.717) is 17.7 Å². The summed E-state index contributed by atoms with van der Waals surface area (Å²) in [6.07, 6.45) is 1.50. The lowest BCUT2D eigenvalue weighted by Gasteiger charge is -2.21. The smallest absolute Gasteiger partial charge is 0.127 e. The molecule has 0 saturated heterocycles. The molecule has 0 spiro atoms. The molecule has 0 unspecified atom stereocenters. The molecule has 0 fully saturated rings. The molecule has 1 aliphatic carbocycles. The monoisotopic (exact) mass is 270 g/mol. The number of hydrogen-bond acceptors (Lipinski definition) is 2. The predicted molar refractivity (Wildman–Crippen MR) is 77.2 cm³/mol. The lowest BCUT2D eigenvalue weighted by molar-refractivity contribution is 0.413. The fourth-order valence-electron chi connectivity index (χ4n) is 2.68. The highest BCUT2D eigenvalue weighted by Gasteiger charge is 2.21. The number of benzene rings is 2. The molecule has 0 aromatic heterocycles. The van der Waals surface area contributed by atoms with Crippen LogP contribution in [-0.4, -0.2) is 12.2 Å². The SMILES string of the molecule is COc1ccccc1C1=C(O)c2cc(F)ccc2CC1. The van der Waals surface area contributed by atoms with Crippen LogP contribution in [0.4, 0.5) is 4.39 Å². The maximum absolute atomic E-state index is 13.4. The van der Waals surface area contributed by atoms with Gasteiger partial charge in [0.25, 0.3) is 0 Å². The van der Waals surface area contributed by atoms with Crippen molar-refractivity contribution in [2.24, 2.45) is 0 Å². The highest BCUT2D eigenvalue weighted by Crippen LogP contribution is 2.38. The van der Waals surface area contributed by atoms with Crippen LogP contribution in [0.5, 0.6) is 5.75 Å². The molecule has 3 heteroatoms. The zero-order valence-electron chi connectivity index (χ0n) is 11.2. The van der Waals surface area contributed by atoms with Crippen molar-refractivity contribution in [3.8, 4) is 5.75 Å². The minimum absolute atomic E-state index is 0.148. The molecule has 102 valence electrons. The van der Waals surface area contributed by atoms with E-state index in [0.717, 1.165) is 23.1 Å². The van der Waals surface area contributed by atoms with E-state index in [4.69, 9.17) is 4.74 Å². The molecule has 0 amide bonds. The molecule has 20 heavy (non-hydrogen) atoms. The van der Waals surface area contributed by atoms with Crippen LogP contribution in [0.1, 0.15) is 23.1 Å². The van der Waals surface area contributed by atoms with Crippen molar-refractivity contribution < 1.29 is 14.2 Å². The number of fused-ring (bicyclic) bond motifs is 1. The Morgan fingerprint density at radius 1 is 1.05 bits per heavy atom. The second-order valence-electron chi connectivity index (χ2n) is 4.83. The third-order valence-electron chi connectivity index (χ3n) is 3.69. The summed E-state index contributed by atoms with van der Waals surface area (Å²) in [6.45, 7) is 0.